The Kier molecular flexibility index (Phi) is 5.65. The Morgan fingerprint density at radius 1 is 1.14 bits per heavy atom. The number of imidazole rings is 1. The van der Waals surface area contributed by atoms with Gasteiger partial charge in [-0.25, -0.2) is 4.98 Å². The number of carbonyl (C=O) groups is 1. The molecule has 6 nitrogen and oxygen atoms in total. The summed E-state index contributed by atoms with van der Waals surface area (Å²) in [5.41, 5.74) is 3.67. The molecule has 1 aliphatic heterocycles. The topological polar surface area (TPSA) is 54.3 Å². The van der Waals surface area contributed by atoms with Gasteiger partial charge >= 0.3 is 0 Å². The van der Waals surface area contributed by atoms with Gasteiger partial charge in [-0.2, -0.15) is 0 Å². The van der Waals surface area contributed by atoms with Crippen LogP contribution in [0.25, 0.3) is 22.5 Å². The third-order valence-electron chi connectivity index (χ3n) is 5.46. The molecule has 1 aliphatic rings. The van der Waals surface area contributed by atoms with Crippen LogP contribution in [0.1, 0.15) is 6.42 Å². The Balaban J connectivity index is 1.65. The lowest BCUT2D eigenvalue weighted by molar-refractivity contribution is -0.130. The van der Waals surface area contributed by atoms with Gasteiger partial charge in [0.05, 0.1) is 17.7 Å². The summed E-state index contributed by atoms with van der Waals surface area (Å²) in [6.07, 6.45) is 6.26. The van der Waals surface area contributed by atoms with Crippen molar-refractivity contribution in [2.45, 2.75) is 19.0 Å². The molecule has 7 heteroatoms. The summed E-state index contributed by atoms with van der Waals surface area (Å²) in [7, 11) is 4.13. The summed E-state index contributed by atoms with van der Waals surface area (Å²) in [5, 5.41) is 0.679. The van der Waals surface area contributed by atoms with Crippen molar-refractivity contribution in [2.24, 2.45) is 0 Å². The van der Waals surface area contributed by atoms with Gasteiger partial charge in [0.2, 0.25) is 5.91 Å². The van der Waals surface area contributed by atoms with E-state index in [0.717, 1.165) is 42.0 Å². The minimum absolute atomic E-state index is 0.115. The van der Waals surface area contributed by atoms with Crippen molar-refractivity contribution in [3.05, 3.63) is 60.1 Å². The molecule has 1 aromatic carbocycles. The minimum atomic E-state index is 0.115. The van der Waals surface area contributed by atoms with Gasteiger partial charge in [-0.3, -0.25) is 9.78 Å². The molecule has 1 unspecified atom stereocenters. The number of benzene rings is 1. The number of pyridine rings is 1. The molecule has 150 valence electrons. The molecule has 1 saturated heterocycles. The highest BCUT2D eigenvalue weighted by Crippen LogP contribution is 2.31. The normalized spacial score (nSPS) is 16.6. The van der Waals surface area contributed by atoms with E-state index in [1.165, 1.54) is 0 Å². The molecule has 2 aromatic heterocycles. The molecule has 0 aliphatic carbocycles. The number of hydrogen-bond acceptors (Lipinski definition) is 4. The first-order valence-corrected chi connectivity index (χ1v) is 10.1. The quantitative estimate of drug-likeness (QED) is 0.647. The summed E-state index contributed by atoms with van der Waals surface area (Å²) >= 11 is 6.05. The van der Waals surface area contributed by atoms with E-state index >= 15 is 0 Å². The standard InChI is InChI=1S/C22H24ClN5O/c1-26(2)19-9-12-27(13-19)20(29)14-28-15-25-21(16-3-5-18(23)6-4-16)22(28)17-7-10-24-11-8-17/h3-8,10-11,15,19H,9,12-14H2,1-2H3. The molecule has 0 N–H and O–H groups in total. The van der Waals surface area contributed by atoms with Crippen LogP contribution in [0.4, 0.5) is 0 Å². The summed E-state index contributed by atoms with van der Waals surface area (Å²) < 4.78 is 1.94. The number of hydrogen-bond donors (Lipinski definition) is 0. The van der Waals surface area contributed by atoms with Gasteiger partial charge in [0.25, 0.3) is 0 Å². The number of likely N-dealkylation sites (N-methyl/N-ethyl adjacent to an activating group) is 1. The second-order valence-corrected chi connectivity index (χ2v) is 7.99. The fourth-order valence-corrected chi connectivity index (χ4v) is 3.90. The molecule has 3 heterocycles. The Bertz CT molecular complexity index is 984. The van der Waals surface area contributed by atoms with Crippen LogP contribution in [0, 0.1) is 0 Å². The monoisotopic (exact) mass is 409 g/mol. The van der Waals surface area contributed by atoms with Crippen molar-refractivity contribution in [3.8, 4) is 22.5 Å². The van der Waals surface area contributed by atoms with Crippen molar-refractivity contribution >= 4 is 17.5 Å². The van der Waals surface area contributed by atoms with Crippen molar-refractivity contribution < 1.29 is 4.79 Å². The van der Waals surface area contributed by atoms with Crippen molar-refractivity contribution in [2.75, 3.05) is 27.2 Å². The Morgan fingerprint density at radius 2 is 1.86 bits per heavy atom. The molecule has 4 rings (SSSR count). The number of amides is 1. The molecule has 1 amide bonds. The van der Waals surface area contributed by atoms with E-state index in [0.29, 0.717) is 11.1 Å². The average Bonchev–Trinajstić information content (AvgIpc) is 3.37. The van der Waals surface area contributed by atoms with Gasteiger partial charge in [-0.15, -0.1) is 0 Å². The van der Waals surface area contributed by atoms with Crippen LogP contribution >= 0.6 is 11.6 Å². The van der Waals surface area contributed by atoms with Gasteiger partial charge in [-0.1, -0.05) is 23.7 Å². The molecule has 3 aromatic rings. The molecule has 0 spiro atoms. The van der Waals surface area contributed by atoms with Crippen LogP contribution in [-0.2, 0) is 11.3 Å². The Labute approximate surface area is 175 Å². The number of rotatable bonds is 5. The zero-order valence-corrected chi connectivity index (χ0v) is 17.4. The predicted octanol–water partition coefficient (Wildman–Crippen LogP) is 3.43. The Morgan fingerprint density at radius 3 is 2.52 bits per heavy atom. The fourth-order valence-electron chi connectivity index (χ4n) is 3.77. The molecule has 1 atom stereocenters. The van der Waals surface area contributed by atoms with Gasteiger partial charge in [0, 0.05) is 47.7 Å². The van der Waals surface area contributed by atoms with Crippen LogP contribution in [-0.4, -0.2) is 63.5 Å². The minimum Gasteiger partial charge on any atom is -0.340 e. The maximum absolute atomic E-state index is 13.0. The molecule has 0 saturated carbocycles. The van der Waals surface area contributed by atoms with Crippen molar-refractivity contribution in [1.29, 1.82) is 0 Å². The summed E-state index contributed by atoms with van der Waals surface area (Å²) in [4.78, 5) is 25.9. The summed E-state index contributed by atoms with van der Waals surface area (Å²) in [6.45, 7) is 1.83. The highest BCUT2D eigenvalue weighted by atomic mass is 35.5. The Hall–Kier alpha value is -2.70. The molecular weight excluding hydrogens is 386 g/mol. The third kappa shape index (κ3) is 4.18. The van der Waals surface area contributed by atoms with E-state index in [4.69, 9.17) is 11.6 Å². The highest BCUT2D eigenvalue weighted by molar-refractivity contribution is 6.30. The van der Waals surface area contributed by atoms with Crippen LogP contribution in [0.2, 0.25) is 5.02 Å². The zero-order chi connectivity index (χ0) is 20.4. The van der Waals surface area contributed by atoms with Gasteiger partial charge in [-0.05, 0) is 44.8 Å². The van der Waals surface area contributed by atoms with Gasteiger partial charge < -0.3 is 14.4 Å². The first kappa shape index (κ1) is 19.6. The lowest BCUT2D eigenvalue weighted by Crippen LogP contribution is -2.36. The smallest absolute Gasteiger partial charge is 0.242 e. The number of likely N-dealkylation sites (tertiary alicyclic amines) is 1. The van der Waals surface area contributed by atoms with E-state index < -0.39 is 0 Å². The number of halogens is 1. The average molecular weight is 410 g/mol. The summed E-state index contributed by atoms with van der Waals surface area (Å²) in [5.74, 6) is 0.115. The third-order valence-corrected chi connectivity index (χ3v) is 5.71. The number of aromatic nitrogens is 3. The van der Waals surface area contributed by atoms with E-state index in [2.05, 4.69) is 29.0 Å². The number of nitrogens with zero attached hydrogens (tertiary/aromatic N) is 5. The molecule has 0 bridgehead atoms. The van der Waals surface area contributed by atoms with E-state index in [1.54, 1.807) is 18.7 Å². The first-order valence-electron chi connectivity index (χ1n) is 9.68. The fraction of sp³-hybridized carbons (Fsp3) is 0.318. The molecule has 0 radical (unpaired) electrons. The first-order chi connectivity index (χ1) is 14.0. The lowest BCUT2D eigenvalue weighted by atomic mass is 10.1. The van der Waals surface area contributed by atoms with Crippen LogP contribution in [0.3, 0.4) is 0 Å². The summed E-state index contributed by atoms with van der Waals surface area (Å²) in [6, 6.07) is 11.9. The van der Waals surface area contributed by atoms with Crippen molar-refractivity contribution in [3.63, 3.8) is 0 Å². The SMILES string of the molecule is CN(C)C1CCN(C(=O)Cn2cnc(-c3ccc(Cl)cc3)c2-c2ccncc2)C1. The van der Waals surface area contributed by atoms with Gasteiger partial charge in [0.15, 0.2) is 0 Å². The lowest BCUT2D eigenvalue weighted by Gasteiger charge is -2.21. The second-order valence-electron chi connectivity index (χ2n) is 7.56. The number of carbonyl (C=O) groups excluding carboxylic acids is 1. The molecule has 1 fully saturated rings. The maximum atomic E-state index is 13.0. The second kappa shape index (κ2) is 8.35. The van der Waals surface area contributed by atoms with E-state index in [9.17, 15) is 4.79 Å². The predicted molar refractivity (Wildman–Crippen MR) is 115 cm³/mol. The van der Waals surface area contributed by atoms with Gasteiger partial charge in [0.1, 0.15) is 6.54 Å². The van der Waals surface area contributed by atoms with E-state index in [-0.39, 0.29) is 12.5 Å². The van der Waals surface area contributed by atoms with Crippen LogP contribution in [0.15, 0.2) is 55.1 Å². The van der Waals surface area contributed by atoms with Crippen LogP contribution < -0.4 is 0 Å². The zero-order valence-electron chi connectivity index (χ0n) is 16.6. The van der Waals surface area contributed by atoms with E-state index in [1.807, 2.05) is 45.9 Å². The maximum Gasteiger partial charge on any atom is 0.242 e. The van der Waals surface area contributed by atoms with Crippen LogP contribution in [0.5, 0.6) is 0 Å². The molecule has 29 heavy (non-hydrogen) atoms. The molecular formula is C22H24ClN5O. The van der Waals surface area contributed by atoms with Crippen molar-refractivity contribution in [1.82, 2.24) is 24.3 Å². The largest absolute Gasteiger partial charge is 0.340 e. The highest BCUT2D eigenvalue weighted by Gasteiger charge is 2.28.